The minimum absolute atomic E-state index is 0.565. The number of aromatic nitrogens is 1. The predicted molar refractivity (Wildman–Crippen MR) is 92.7 cm³/mol. The van der Waals surface area contributed by atoms with Gasteiger partial charge in [0.15, 0.2) is 0 Å². The normalized spacial score (nSPS) is 11.0. The average Bonchev–Trinajstić information content (AvgIpc) is 2.82. The molecule has 0 aliphatic heterocycles. The van der Waals surface area contributed by atoms with E-state index in [2.05, 4.69) is 53.3 Å². The lowest BCUT2D eigenvalue weighted by Crippen LogP contribution is -2.14. The second kappa shape index (κ2) is 8.03. The summed E-state index contributed by atoms with van der Waals surface area (Å²) in [4.78, 5) is 6.04. The maximum absolute atomic E-state index is 5.28. The molecule has 0 amide bonds. The van der Waals surface area contributed by atoms with E-state index in [1.165, 1.54) is 16.0 Å². The standard InChI is InChI=1S/C16H21BrN2OS/c1-4-7-18-9-15-14(10-20-3)19-16(21-15)13-6-5-12(17)8-11(13)2/h5-6,8,18H,4,7,9-10H2,1-3H3. The van der Waals surface area contributed by atoms with Crippen molar-refractivity contribution in [2.75, 3.05) is 13.7 Å². The number of thiazole rings is 1. The Kier molecular flexibility index (Phi) is 6.36. The molecule has 114 valence electrons. The highest BCUT2D eigenvalue weighted by atomic mass is 79.9. The number of hydrogen-bond donors (Lipinski definition) is 1. The monoisotopic (exact) mass is 368 g/mol. The molecule has 0 aliphatic carbocycles. The Bertz CT molecular complexity index is 598. The number of rotatable bonds is 7. The third-order valence-electron chi connectivity index (χ3n) is 3.19. The van der Waals surface area contributed by atoms with Gasteiger partial charge in [0.2, 0.25) is 0 Å². The zero-order valence-corrected chi connectivity index (χ0v) is 15.1. The summed E-state index contributed by atoms with van der Waals surface area (Å²) in [7, 11) is 1.72. The van der Waals surface area contributed by atoms with E-state index < -0.39 is 0 Å². The van der Waals surface area contributed by atoms with Gasteiger partial charge in [-0.05, 0) is 37.6 Å². The molecule has 0 unspecified atom stereocenters. The highest BCUT2D eigenvalue weighted by Crippen LogP contribution is 2.32. The number of nitrogens with one attached hydrogen (secondary N) is 1. The number of benzene rings is 1. The van der Waals surface area contributed by atoms with Gasteiger partial charge < -0.3 is 10.1 Å². The van der Waals surface area contributed by atoms with Crippen LogP contribution in [0, 0.1) is 6.92 Å². The van der Waals surface area contributed by atoms with Crippen molar-refractivity contribution in [1.29, 1.82) is 0 Å². The molecule has 0 aliphatic rings. The van der Waals surface area contributed by atoms with Gasteiger partial charge in [-0.1, -0.05) is 28.9 Å². The minimum atomic E-state index is 0.565. The Morgan fingerprint density at radius 3 is 2.86 bits per heavy atom. The maximum atomic E-state index is 5.28. The van der Waals surface area contributed by atoms with E-state index in [0.29, 0.717) is 6.61 Å². The topological polar surface area (TPSA) is 34.2 Å². The maximum Gasteiger partial charge on any atom is 0.124 e. The van der Waals surface area contributed by atoms with Crippen LogP contribution in [-0.4, -0.2) is 18.6 Å². The van der Waals surface area contributed by atoms with Crippen molar-refractivity contribution >= 4 is 27.3 Å². The summed E-state index contributed by atoms with van der Waals surface area (Å²) in [6.45, 7) is 6.74. The molecule has 2 aromatic rings. The minimum Gasteiger partial charge on any atom is -0.378 e. The smallest absolute Gasteiger partial charge is 0.124 e. The molecule has 0 fully saturated rings. The van der Waals surface area contributed by atoms with Gasteiger partial charge in [0.1, 0.15) is 5.01 Å². The van der Waals surface area contributed by atoms with Crippen LogP contribution in [0.25, 0.3) is 10.6 Å². The zero-order valence-electron chi connectivity index (χ0n) is 12.7. The van der Waals surface area contributed by atoms with Gasteiger partial charge >= 0.3 is 0 Å². The lowest BCUT2D eigenvalue weighted by Gasteiger charge is -2.02. The highest BCUT2D eigenvalue weighted by molar-refractivity contribution is 9.10. The number of hydrogen-bond acceptors (Lipinski definition) is 4. The van der Waals surface area contributed by atoms with Crippen LogP contribution in [0.4, 0.5) is 0 Å². The molecule has 2 rings (SSSR count). The molecule has 5 heteroatoms. The van der Waals surface area contributed by atoms with Crippen LogP contribution in [0.5, 0.6) is 0 Å². The van der Waals surface area contributed by atoms with Gasteiger partial charge in [0.05, 0.1) is 12.3 Å². The molecule has 21 heavy (non-hydrogen) atoms. The molecule has 3 nitrogen and oxygen atoms in total. The molecule has 0 atom stereocenters. The Morgan fingerprint density at radius 1 is 1.38 bits per heavy atom. The number of aryl methyl sites for hydroxylation is 1. The first-order chi connectivity index (χ1) is 10.2. The van der Waals surface area contributed by atoms with E-state index >= 15 is 0 Å². The van der Waals surface area contributed by atoms with E-state index in [0.717, 1.165) is 34.7 Å². The summed E-state index contributed by atoms with van der Waals surface area (Å²) < 4.78 is 6.38. The molecule has 1 N–H and O–H groups in total. The third-order valence-corrected chi connectivity index (χ3v) is 4.81. The molecule has 1 aromatic carbocycles. The van der Waals surface area contributed by atoms with Gasteiger partial charge in [-0.15, -0.1) is 11.3 Å². The van der Waals surface area contributed by atoms with Gasteiger partial charge in [-0.3, -0.25) is 0 Å². The van der Waals surface area contributed by atoms with Crippen LogP contribution in [0.3, 0.4) is 0 Å². The first kappa shape index (κ1) is 16.6. The van der Waals surface area contributed by atoms with Gasteiger partial charge in [0, 0.05) is 28.6 Å². The van der Waals surface area contributed by atoms with Gasteiger partial charge in [-0.2, -0.15) is 0 Å². The fraction of sp³-hybridized carbons (Fsp3) is 0.438. The molecule has 0 saturated heterocycles. The fourth-order valence-corrected chi connectivity index (χ4v) is 3.73. The summed E-state index contributed by atoms with van der Waals surface area (Å²) in [6, 6.07) is 6.31. The van der Waals surface area contributed by atoms with Crippen LogP contribution in [0.1, 0.15) is 29.5 Å². The Morgan fingerprint density at radius 2 is 2.19 bits per heavy atom. The van der Waals surface area contributed by atoms with Gasteiger partial charge in [-0.25, -0.2) is 4.98 Å². The third kappa shape index (κ3) is 4.36. The SMILES string of the molecule is CCCNCc1sc(-c2ccc(Br)cc2C)nc1COC. The summed E-state index contributed by atoms with van der Waals surface area (Å²) >= 11 is 5.26. The Hall–Kier alpha value is -0.750. The fourth-order valence-electron chi connectivity index (χ4n) is 2.13. The van der Waals surface area contributed by atoms with E-state index in [1.54, 1.807) is 18.4 Å². The molecular weight excluding hydrogens is 348 g/mol. The van der Waals surface area contributed by atoms with Crippen molar-refractivity contribution in [3.8, 4) is 10.6 Å². The number of halogens is 1. The Labute approximate surface area is 138 Å². The van der Waals surface area contributed by atoms with Crippen LogP contribution in [0.2, 0.25) is 0 Å². The first-order valence-corrected chi connectivity index (χ1v) is 8.71. The van der Waals surface area contributed by atoms with Crippen molar-refractivity contribution < 1.29 is 4.74 Å². The van der Waals surface area contributed by atoms with Crippen molar-refractivity contribution in [1.82, 2.24) is 10.3 Å². The van der Waals surface area contributed by atoms with Gasteiger partial charge in [0.25, 0.3) is 0 Å². The zero-order chi connectivity index (χ0) is 15.2. The van der Waals surface area contributed by atoms with E-state index in [4.69, 9.17) is 9.72 Å². The average molecular weight is 369 g/mol. The highest BCUT2D eigenvalue weighted by Gasteiger charge is 2.13. The van der Waals surface area contributed by atoms with Crippen molar-refractivity contribution in [2.45, 2.75) is 33.4 Å². The molecule has 0 bridgehead atoms. The molecule has 1 heterocycles. The van der Waals surface area contributed by atoms with Crippen LogP contribution < -0.4 is 5.32 Å². The largest absolute Gasteiger partial charge is 0.378 e. The number of nitrogens with zero attached hydrogens (tertiary/aromatic N) is 1. The quantitative estimate of drug-likeness (QED) is 0.729. The molecule has 1 aromatic heterocycles. The molecular formula is C16H21BrN2OS. The lowest BCUT2D eigenvalue weighted by atomic mass is 10.1. The number of ether oxygens (including phenoxy) is 1. The van der Waals surface area contributed by atoms with Crippen molar-refractivity contribution in [3.63, 3.8) is 0 Å². The summed E-state index contributed by atoms with van der Waals surface area (Å²) in [5.74, 6) is 0. The molecule has 0 radical (unpaired) electrons. The van der Waals surface area contributed by atoms with Crippen LogP contribution in [0.15, 0.2) is 22.7 Å². The van der Waals surface area contributed by atoms with E-state index in [9.17, 15) is 0 Å². The lowest BCUT2D eigenvalue weighted by molar-refractivity contribution is 0.181. The molecule has 0 saturated carbocycles. The van der Waals surface area contributed by atoms with Crippen LogP contribution >= 0.6 is 27.3 Å². The van der Waals surface area contributed by atoms with E-state index in [-0.39, 0.29) is 0 Å². The second-order valence-corrected chi connectivity index (χ2v) is 6.96. The summed E-state index contributed by atoms with van der Waals surface area (Å²) in [5, 5.41) is 4.52. The first-order valence-electron chi connectivity index (χ1n) is 7.10. The number of methoxy groups -OCH3 is 1. The second-order valence-electron chi connectivity index (χ2n) is 4.96. The molecule has 0 spiro atoms. The van der Waals surface area contributed by atoms with Crippen molar-refractivity contribution in [3.05, 3.63) is 38.8 Å². The van der Waals surface area contributed by atoms with Crippen LogP contribution in [-0.2, 0) is 17.9 Å². The van der Waals surface area contributed by atoms with Crippen molar-refractivity contribution in [2.24, 2.45) is 0 Å². The Balaban J connectivity index is 2.29. The summed E-state index contributed by atoms with van der Waals surface area (Å²) in [5.41, 5.74) is 3.47. The summed E-state index contributed by atoms with van der Waals surface area (Å²) in [6.07, 6.45) is 1.14. The van der Waals surface area contributed by atoms with E-state index in [1.807, 2.05) is 0 Å². The predicted octanol–water partition coefficient (Wildman–Crippen LogP) is 4.53.